The number of hydrogen-bond donors (Lipinski definition) is 0. The van der Waals surface area contributed by atoms with Crippen LogP contribution in [-0.2, 0) is 6.54 Å². The summed E-state index contributed by atoms with van der Waals surface area (Å²) >= 11 is 0. The Morgan fingerprint density at radius 1 is 1.56 bits per heavy atom. The van der Waals surface area contributed by atoms with Gasteiger partial charge in [0.15, 0.2) is 0 Å². The normalized spacial score (nSPS) is 14.2. The number of imidazole rings is 1. The number of nitriles is 1. The van der Waals surface area contributed by atoms with Gasteiger partial charge < -0.3 is 0 Å². The Hall–Kier alpha value is -2.51. The molecule has 0 saturated heterocycles. The summed E-state index contributed by atoms with van der Waals surface area (Å²) in [6.45, 7) is 0.210. The Labute approximate surface area is 103 Å². The van der Waals surface area contributed by atoms with Gasteiger partial charge in [-0.05, 0) is 42.0 Å². The molecule has 2 aromatic rings. The summed E-state index contributed by atoms with van der Waals surface area (Å²) in [5.74, 6) is 0.583. The molecule has 0 N–H and O–H groups in total. The van der Waals surface area contributed by atoms with Crippen molar-refractivity contribution in [1.29, 1.82) is 5.26 Å². The van der Waals surface area contributed by atoms with Crippen LogP contribution in [0.2, 0.25) is 0 Å². The average molecular weight is 238 g/mol. The summed E-state index contributed by atoms with van der Waals surface area (Å²) in [4.78, 5) is 7.09. The van der Waals surface area contributed by atoms with Gasteiger partial charge in [0.05, 0.1) is 12.2 Å². The number of pyridine rings is 1. The van der Waals surface area contributed by atoms with Crippen LogP contribution < -0.4 is 0 Å². The summed E-state index contributed by atoms with van der Waals surface area (Å²) in [6, 6.07) is 6.11. The molecule has 88 valence electrons. The molecular formula is C12H10N6. The first-order valence-electron chi connectivity index (χ1n) is 5.74. The summed E-state index contributed by atoms with van der Waals surface area (Å²) in [5, 5.41) is 12.7. The lowest BCUT2D eigenvalue weighted by atomic mass is 10.1. The monoisotopic (exact) mass is 238 g/mol. The Balaban J connectivity index is 2.13. The van der Waals surface area contributed by atoms with Crippen LogP contribution >= 0.6 is 0 Å². The SMILES string of the molecule is N#Cc1cc(C2CC2)cc2nc(CN=[N+]=[N-])cn12. The quantitative estimate of drug-likeness (QED) is 0.467. The van der Waals surface area contributed by atoms with Gasteiger partial charge in [-0.2, -0.15) is 5.26 Å². The molecule has 2 aromatic heterocycles. The molecule has 0 atom stereocenters. The van der Waals surface area contributed by atoms with Crippen LogP contribution in [0.1, 0.15) is 35.7 Å². The van der Waals surface area contributed by atoms with Crippen molar-refractivity contribution in [3.8, 4) is 6.07 Å². The minimum Gasteiger partial charge on any atom is -0.291 e. The van der Waals surface area contributed by atoms with Crippen molar-refractivity contribution in [2.75, 3.05) is 0 Å². The van der Waals surface area contributed by atoms with Crippen LogP contribution in [0.15, 0.2) is 23.4 Å². The lowest BCUT2D eigenvalue weighted by molar-refractivity contribution is 0.997. The van der Waals surface area contributed by atoms with E-state index < -0.39 is 0 Å². The molecule has 0 aliphatic heterocycles. The zero-order valence-corrected chi connectivity index (χ0v) is 9.61. The molecule has 6 nitrogen and oxygen atoms in total. The number of fused-ring (bicyclic) bond motifs is 1. The van der Waals surface area contributed by atoms with Gasteiger partial charge in [0, 0.05) is 11.1 Å². The van der Waals surface area contributed by atoms with Crippen molar-refractivity contribution < 1.29 is 0 Å². The van der Waals surface area contributed by atoms with Gasteiger partial charge in [-0.15, -0.1) is 0 Å². The molecule has 0 amide bonds. The third kappa shape index (κ3) is 1.77. The first-order valence-corrected chi connectivity index (χ1v) is 5.74. The van der Waals surface area contributed by atoms with E-state index in [1.54, 1.807) is 10.6 Å². The van der Waals surface area contributed by atoms with E-state index in [9.17, 15) is 0 Å². The first kappa shape index (κ1) is 10.6. The Morgan fingerprint density at radius 3 is 3.06 bits per heavy atom. The van der Waals surface area contributed by atoms with Crippen molar-refractivity contribution in [2.24, 2.45) is 5.11 Å². The highest BCUT2D eigenvalue weighted by molar-refractivity contribution is 5.49. The van der Waals surface area contributed by atoms with Crippen LogP contribution in [0, 0.1) is 11.3 Å². The molecule has 1 aliphatic rings. The van der Waals surface area contributed by atoms with Gasteiger partial charge >= 0.3 is 0 Å². The minimum absolute atomic E-state index is 0.210. The fraction of sp³-hybridized carbons (Fsp3) is 0.333. The van der Waals surface area contributed by atoms with Gasteiger partial charge in [0.25, 0.3) is 0 Å². The van der Waals surface area contributed by atoms with Crippen molar-refractivity contribution >= 4 is 5.65 Å². The number of hydrogen-bond acceptors (Lipinski definition) is 3. The Kier molecular flexibility index (Phi) is 2.40. The van der Waals surface area contributed by atoms with Gasteiger partial charge in [-0.1, -0.05) is 5.11 Å². The second-order valence-corrected chi connectivity index (χ2v) is 4.41. The summed E-state index contributed by atoms with van der Waals surface area (Å²) in [6.07, 6.45) is 4.12. The molecule has 0 unspecified atom stereocenters. The van der Waals surface area contributed by atoms with Gasteiger partial charge in [-0.25, -0.2) is 4.98 Å². The lowest BCUT2D eigenvalue weighted by Gasteiger charge is -2.01. The number of nitrogens with zero attached hydrogens (tertiary/aromatic N) is 6. The van der Waals surface area contributed by atoms with Gasteiger partial charge in [-0.3, -0.25) is 4.40 Å². The topological polar surface area (TPSA) is 89.8 Å². The number of azide groups is 1. The third-order valence-corrected chi connectivity index (χ3v) is 3.10. The molecule has 1 aliphatic carbocycles. The Morgan fingerprint density at radius 2 is 2.39 bits per heavy atom. The summed E-state index contributed by atoms with van der Waals surface area (Å²) in [5.41, 5.74) is 11.5. The molecular weight excluding hydrogens is 228 g/mol. The van der Waals surface area contributed by atoms with Crippen molar-refractivity contribution in [1.82, 2.24) is 9.38 Å². The molecule has 0 bridgehead atoms. The fourth-order valence-corrected chi connectivity index (χ4v) is 2.08. The smallest absolute Gasteiger partial charge is 0.138 e. The molecule has 3 rings (SSSR count). The zero-order valence-electron chi connectivity index (χ0n) is 9.61. The van der Waals surface area contributed by atoms with Crippen LogP contribution in [0.3, 0.4) is 0 Å². The number of aromatic nitrogens is 2. The average Bonchev–Trinajstić information content (AvgIpc) is 3.15. The highest BCUT2D eigenvalue weighted by Gasteiger charge is 2.24. The van der Waals surface area contributed by atoms with Crippen LogP contribution in [0.4, 0.5) is 0 Å². The minimum atomic E-state index is 0.210. The summed E-state index contributed by atoms with van der Waals surface area (Å²) < 4.78 is 1.74. The fourth-order valence-electron chi connectivity index (χ4n) is 2.08. The van der Waals surface area contributed by atoms with E-state index >= 15 is 0 Å². The predicted octanol–water partition coefficient (Wildman–Crippen LogP) is 2.89. The van der Waals surface area contributed by atoms with E-state index in [4.69, 9.17) is 10.8 Å². The van der Waals surface area contributed by atoms with E-state index in [1.807, 2.05) is 12.1 Å². The second-order valence-electron chi connectivity index (χ2n) is 4.41. The van der Waals surface area contributed by atoms with Crippen molar-refractivity contribution in [2.45, 2.75) is 25.3 Å². The molecule has 2 heterocycles. The van der Waals surface area contributed by atoms with Crippen LogP contribution in [-0.4, -0.2) is 9.38 Å². The standard InChI is InChI=1S/C12H10N6/c13-5-11-3-9(8-1-2-8)4-12-16-10(6-15-17-14)7-18(11)12/h3-4,7-8H,1-2,6H2. The van der Waals surface area contributed by atoms with E-state index in [0.29, 0.717) is 17.3 Å². The van der Waals surface area contributed by atoms with Gasteiger partial charge in [0.2, 0.25) is 0 Å². The molecule has 0 spiro atoms. The van der Waals surface area contributed by atoms with Crippen molar-refractivity contribution in [3.63, 3.8) is 0 Å². The molecule has 18 heavy (non-hydrogen) atoms. The largest absolute Gasteiger partial charge is 0.291 e. The molecule has 1 saturated carbocycles. The van der Waals surface area contributed by atoms with E-state index in [0.717, 1.165) is 5.65 Å². The van der Waals surface area contributed by atoms with Crippen LogP contribution in [0.5, 0.6) is 0 Å². The second kappa shape index (κ2) is 4.06. The molecule has 6 heteroatoms. The third-order valence-electron chi connectivity index (χ3n) is 3.10. The lowest BCUT2D eigenvalue weighted by Crippen LogP contribution is -1.93. The molecule has 0 aromatic carbocycles. The van der Waals surface area contributed by atoms with Crippen LogP contribution in [0.25, 0.3) is 16.1 Å². The molecule has 1 fully saturated rings. The maximum atomic E-state index is 9.17. The maximum absolute atomic E-state index is 9.17. The predicted molar refractivity (Wildman–Crippen MR) is 64.7 cm³/mol. The zero-order chi connectivity index (χ0) is 12.5. The molecule has 0 radical (unpaired) electrons. The Bertz CT molecular complexity index is 697. The highest BCUT2D eigenvalue weighted by atomic mass is 15.1. The van der Waals surface area contributed by atoms with E-state index in [1.165, 1.54) is 18.4 Å². The van der Waals surface area contributed by atoms with E-state index in [2.05, 4.69) is 21.1 Å². The highest BCUT2D eigenvalue weighted by Crippen LogP contribution is 2.40. The van der Waals surface area contributed by atoms with E-state index in [-0.39, 0.29) is 6.54 Å². The van der Waals surface area contributed by atoms with Crippen molar-refractivity contribution in [3.05, 3.63) is 45.7 Å². The number of rotatable bonds is 3. The summed E-state index contributed by atoms with van der Waals surface area (Å²) in [7, 11) is 0. The van der Waals surface area contributed by atoms with Gasteiger partial charge in [0.1, 0.15) is 17.4 Å². The first-order chi connectivity index (χ1) is 8.81. The maximum Gasteiger partial charge on any atom is 0.138 e.